The third kappa shape index (κ3) is 4.12. The average Bonchev–Trinajstić information content (AvgIpc) is 3.07. The minimum atomic E-state index is -4.05. The third-order valence-electron chi connectivity index (χ3n) is 6.10. The number of aliphatic carboxylic acids is 1. The molecule has 4 aromatic rings. The Balaban J connectivity index is 1.67. The van der Waals surface area contributed by atoms with Gasteiger partial charge < -0.3 is 14.9 Å². The highest BCUT2D eigenvalue weighted by molar-refractivity contribution is 7.94. The molecule has 0 saturated carbocycles. The van der Waals surface area contributed by atoms with E-state index < -0.39 is 33.7 Å². The normalized spacial score (nSPS) is 14.0. The number of halogens is 1. The van der Waals surface area contributed by atoms with Crippen molar-refractivity contribution in [3.8, 4) is 5.69 Å². The molecule has 0 fully saturated rings. The van der Waals surface area contributed by atoms with Crippen LogP contribution < -0.4 is 20.7 Å². The quantitative estimate of drug-likeness (QED) is 0.409. The number of para-hydroxylation sites is 1. The van der Waals surface area contributed by atoms with E-state index in [1.807, 2.05) is 12.1 Å². The molecule has 0 atom stereocenters. The van der Waals surface area contributed by atoms with E-state index in [9.17, 15) is 27.9 Å². The average molecular weight is 545 g/mol. The van der Waals surface area contributed by atoms with Crippen LogP contribution in [0.3, 0.4) is 0 Å². The SMILES string of the molecule is O=C([O-])Cc1cccc2[nH]c(=O)n(-c3cc(S(=O)(=O)N4CCCCc5ccccc54)sc3Cl)c(=O)c12. The summed E-state index contributed by atoms with van der Waals surface area (Å²) >= 11 is 7.14. The van der Waals surface area contributed by atoms with Crippen molar-refractivity contribution < 1.29 is 18.3 Å². The van der Waals surface area contributed by atoms with Gasteiger partial charge in [0.1, 0.15) is 8.55 Å². The number of aromatic amines is 1. The van der Waals surface area contributed by atoms with E-state index in [4.69, 9.17) is 11.6 Å². The zero-order valence-corrected chi connectivity index (χ0v) is 21.1. The second kappa shape index (κ2) is 9.23. The van der Waals surface area contributed by atoms with Crippen molar-refractivity contribution in [3.05, 3.63) is 84.8 Å². The smallest absolute Gasteiger partial charge is 0.333 e. The van der Waals surface area contributed by atoms with Gasteiger partial charge >= 0.3 is 5.69 Å². The molecule has 0 aliphatic carbocycles. The van der Waals surface area contributed by atoms with Gasteiger partial charge in [0.05, 0.1) is 22.3 Å². The number of nitrogens with zero attached hydrogens (tertiary/aromatic N) is 2. The van der Waals surface area contributed by atoms with Crippen LogP contribution in [0.1, 0.15) is 24.0 Å². The van der Waals surface area contributed by atoms with Crippen LogP contribution in [0.15, 0.2) is 62.3 Å². The number of rotatable bonds is 5. The van der Waals surface area contributed by atoms with Crippen LogP contribution in [0, 0.1) is 0 Å². The minimum absolute atomic E-state index is 0.0191. The van der Waals surface area contributed by atoms with Crippen LogP contribution in [0.5, 0.6) is 0 Å². The number of hydrogen-bond acceptors (Lipinski definition) is 7. The van der Waals surface area contributed by atoms with E-state index in [0.717, 1.165) is 34.3 Å². The maximum Gasteiger partial charge on any atom is 0.333 e. The molecule has 186 valence electrons. The fraction of sp³-hybridized carbons (Fsp3) is 0.208. The van der Waals surface area contributed by atoms with Crippen LogP contribution in [0.2, 0.25) is 4.34 Å². The van der Waals surface area contributed by atoms with Crippen molar-refractivity contribution in [2.45, 2.75) is 29.9 Å². The monoisotopic (exact) mass is 544 g/mol. The molecule has 0 amide bonds. The van der Waals surface area contributed by atoms with Crippen molar-refractivity contribution in [2.24, 2.45) is 0 Å². The standard InChI is InChI=1S/C24H20ClN3O6S2/c25-22-18(28-23(31)21-15(12-19(29)30)8-5-9-16(21)26-24(28)32)13-20(35-22)36(33,34)27-11-4-3-7-14-6-1-2-10-17(14)27/h1-2,5-6,8-10,13H,3-4,7,11-12H2,(H,26,32)(H,29,30)/p-1. The molecule has 12 heteroatoms. The molecule has 1 N–H and O–H groups in total. The highest BCUT2D eigenvalue weighted by Crippen LogP contribution is 2.37. The van der Waals surface area contributed by atoms with E-state index in [0.29, 0.717) is 12.1 Å². The van der Waals surface area contributed by atoms with Gasteiger partial charge in [-0.15, -0.1) is 11.3 Å². The molecule has 0 spiro atoms. The Hall–Kier alpha value is -3.41. The molecule has 36 heavy (non-hydrogen) atoms. The van der Waals surface area contributed by atoms with Crippen LogP contribution in [0.25, 0.3) is 16.6 Å². The number of H-pyrrole nitrogens is 1. The maximum absolute atomic E-state index is 13.7. The number of benzene rings is 2. The Morgan fingerprint density at radius 3 is 2.64 bits per heavy atom. The molecule has 2 aromatic heterocycles. The number of thiophene rings is 1. The molecule has 5 rings (SSSR count). The predicted molar refractivity (Wildman–Crippen MR) is 136 cm³/mol. The number of sulfonamides is 1. The van der Waals surface area contributed by atoms with Gasteiger partial charge in [0.25, 0.3) is 15.6 Å². The summed E-state index contributed by atoms with van der Waals surface area (Å²) in [4.78, 5) is 40.0. The lowest BCUT2D eigenvalue weighted by atomic mass is 10.1. The molecular weight excluding hydrogens is 526 g/mol. The molecule has 0 unspecified atom stereocenters. The van der Waals surface area contributed by atoms with E-state index in [2.05, 4.69) is 4.98 Å². The van der Waals surface area contributed by atoms with Gasteiger partial charge in [0, 0.05) is 18.9 Å². The largest absolute Gasteiger partial charge is 0.550 e. The van der Waals surface area contributed by atoms with Crippen LogP contribution in [-0.2, 0) is 27.7 Å². The second-order valence-electron chi connectivity index (χ2n) is 8.35. The van der Waals surface area contributed by atoms with Crippen molar-refractivity contribution in [2.75, 3.05) is 10.8 Å². The number of nitrogens with one attached hydrogen (secondary N) is 1. The first-order chi connectivity index (χ1) is 17.2. The predicted octanol–water partition coefficient (Wildman–Crippen LogP) is 2.22. The molecule has 9 nitrogen and oxygen atoms in total. The zero-order valence-electron chi connectivity index (χ0n) is 18.7. The Morgan fingerprint density at radius 1 is 1.08 bits per heavy atom. The fourth-order valence-electron chi connectivity index (χ4n) is 4.49. The number of carbonyl (C=O) groups is 1. The number of fused-ring (bicyclic) bond motifs is 2. The highest BCUT2D eigenvalue weighted by atomic mass is 35.5. The molecule has 2 aromatic carbocycles. The molecule has 0 saturated heterocycles. The topological polar surface area (TPSA) is 132 Å². The highest BCUT2D eigenvalue weighted by Gasteiger charge is 2.31. The van der Waals surface area contributed by atoms with Crippen LogP contribution >= 0.6 is 22.9 Å². The molecule has 0 radical (unpaired) electrons. The first-order valence-electron chi connectivity index (χ1n) is 11.1. The van der Waals surface area contributed by atoms with Gasteiger partial charge in [-0.25, -0.2) is 17.8 Å². The van der Waals surface area contributed by atoms with Crippen molar-refractivity contribution in [1.29, 1.82) is 0 Å². The number of hydrogen-bond donors (Lipinski definition) is 1. The van der Waals surface area contributed by atoms with Crippen molar-refractivity contribution in [3.63, 3.8) is 0 Å². The lowest BCUT2D eigenvalue weighted by Crippen LogP contribution is -2.34. The van der Waals surface area contributed by atoms with Crippen LogP contribution in [-0.4, -0.2) is 30.5 Å². The molecular formula is C24H19ClN3O6S2-. The molecule has 1 aliphatic rings. The van der Waals surface area contributed by atoms with E-state index >= 15 is 0 Å². The summed E-state index contributed by atoms with van der Waals surface area (Å²) in [5.41, 5.74) is 0.0806. The number of carboxylic acid groups (broad SMARTS) is 1. The van der Waals surface area contributed by atoms with Gasteiger partial charge in [0.2, 0.25) is 0 Å². The first kappa shape index (κ1) is 24.3. The summed E-state index contributed by atoms with van der Waals surface area (Å²) in [7, 11) is -4.05. The van der Waals surface area contributed by atoms with Crippen molar-refractivity contribution >= 4 is 55.5 Å². The summed E-state index contributed by atoms with van der Waals surface area (Å²) in [5.74, 6) is -1.39. The van der Waals surface area contributed by atoms with Gasteiger partial charge in [-0.1, -0.05) is 41.9 Å². The van der Waals surface area contributed by atoms with E-state index in [1.54, 1.807) is 12.1 Å². The third-order valence-corrected chi connectivity index (χ3v) is 9.70. The van der Waals surface area contributed by atoms with Gasteiger partial charge in [-0.3, -0.25) is 9.10 Å². The number of aromatic nitrogens is 2. The lowest BCUT2D eigenvalue weighted by Gasteiger charge is -2.23. The molecule has 3 heterocycles. The Labute approximate surface area is 214 Å². The van der Waals surface area contributed by atoms with Gasteiger partial charge in [-0.2, -0.15) is 0 Å². The van der Waals surface area contributed by atoms with E-state index in [1.165, 1.54) is 28.6 Å². The summed E-state index contributed by atoms with van der Waals surface area (Å²) in [6, 6.07) is 12.9. The summed E-state index contributed by atoms with van der Waals surface area (Å²) in [6.45, 7) is 0.285. The van der Waals surface area contributed by atoms with Gasteiger partial charge in [-0.05, 0) is 48.6 Å². The Morgan fingerprint density at radius 2 is 1.86 bits per heavy atom. The number of aryl methyl sites for hydroxylation is 1. The molecule has 1 aliphatic heterocycles. The number of carbonyl (C=O) groups excluding carboxylic acids is 1. The summed E-state index contributed by atoms with van der Waals surface area (Å²) in [6.07, 6.45) is 1.74. The number of carboxylic acids is 1. The summed E-state index contributed by atoms with van der Waals surface area (Å²) < 4.78 is 29.3. The lowest BCUT2D eigenvalue weighted by molar-refractivity contribution is -0.304. The minimum Gasteiger partial charge on any atom is -0.550 e. The second-order valence-corrected chi connectivity index (χ2v) is 12.1. The van der Waals surface area contributed by atoms with Crippen LogP contribution in [0.4, 0.5) is 5.69 Å². The van der Waals surface area contributed by atoms with Gasteiger partial charge in [0.15, 0.2) is 0 Å². The first-order valence-corrected chi connectivity index (χ1v) is 13.7. The summed E-state index contributed by atoms with van der Waals surface area (Å²) in [5, 5.41) is 11.2. The zero-order chi connectivity index (χ0) is 25.6. The Bertz CT molecular complexity index is 1740. The number of anilines is 1. The van der Waals surface area contributed by atoms with Crippen molar-refractivity contribution in [1.82, 2.24) is 9.55 Å². The molecule has 0 bridgehead atoms. The maximum atomic E-state index is 13.7. The van der Waals surface area contributed by atoms with E-state index in [-0.39, 0.29) is 37.2 Å². The fourth-order valence-corrected chi connectivity index (χ4v) is 7.84. The Kier molecular flexibility index (Phi) is 6.23.